The number of aromatic nitrogens is 1. The maximum Gasteiger partial charge on any atom is 0.0528 e. The van der Waals surface area contributed by atoms with E-state index in [1.165, 1.54) is 41.2 Å². The Kier molecular flexibility index (Phi) is 2.60. The van der Waals surface area contributed by atoms with Crippen LogP contribution in [0.1, 0.15) is 25.3 Å². The topological polar surface area (TPSA) is 4.41 Å². The van der Waals surface area contributed by atoms with Gasteiger partial charge in [-0.15, -0.1) is 0 Å². The van der Waals surface area contributed by atoms with Crippen molar-refractivity contribution in [2.75, 3.05) is 0 Å². The minimum Gasteiger partial charge on any atom is -0.316 e. The smallest absolute Gasteiger partial charge is 0.0528 e. The molecule has 3 aromatic rings. The molecule has 0 saturated heterocycles. The molecule has 0 N–H and O–H groups in total. The highest BCUT2D eigenvalue weighted by molar-refractivity contribution is 5.84. The molecule has 0 atom stereocenters. The lowest BCUT2D eigenvalue weighted by Gasteiger charge is -2.08. The molecule has 1 aromatic carbocycles. The highest BCUT2D eigenvalue weighted by Crippen LogP contribution is 2.23. The average Bonchev–Trinajstić information content (AvgIpc) is 2.85. The van der Waals surface area contributed by atoms with E-state index in [4.69, 9.17) is 0 Å². The molecule has 0 aliphatic rings. The van der Waals surface area contributed by atoms with Gasteiger partial charge in [0.15, 0.2) is 0 Å². The molecule has 0 spiro atoms. The molecule has 3 rings (SSSR count). The Morgan fingerprint density at radius 1 is 1.00 bits per heavy atom. The third-order valence-corrected chi connectivity index (χ3v) is 3.40. The third kappa shape index (κ3) is 1.72. The first-order chi connectivity index (χ1) is 8.40. The summed E-state index contributed by atoms with van der Waals surface area (Å²) in [5.41, 5.74) is 4.13. The Balaban J connectivity index is 2.28. The van der Waals surface area contributed by atoms with Gasteiger partial charge in [0.2, 0.25) is 0 Å². The fourth-order valence-corrected chi connectivity index (χ4v) is 2.51. The van der Waals surface area contributed by atoms with Gasteiger partial charge in [-0.3, -0.25) is 0 Å². The molecule has 0 saturated carbocycles. The highest BCUT2D eigenvalue weighted by atomic mass is 14.9. The van der Waals surface area contributed by atoms with Crippen molar-refractivity contribution in [3.05, 3.63) is 54.2 Å². The van der Waals surface area contributed by atoms with Gasteiger partial charge in [0, 0.05) is 11.7 Å². The second kappa shape index (κ2) is 4.25. The van der Waals surface area contributed by atoms with Gasteiger partial charge in [0.1, 0.15) is 0 Å². The molecule has 2 aromatic heterocycles. The number of rotatable bonds is 3. The second-order valence-corrected chi connectivity index (χ2v) is 4.60. The summed E-state index contributed by atoms with van der Waals surface area (Å²) in [4.78, 5) is 0. The number of para-hydroxylation sites is 1. The lowest BCUT2D eigenvalue weighted by molar-refractivity contribution is 0.797. The van der Waals surface area contributed by atoms with Gasteiger partial charge in [-0.1, -0.05) is 31.5 Å². The van der Waals surface area contributed by atoms with E-state index in [2.05, 4.69) is 60.0 Å². The van der Waals surface area contributed by atoms with Gasteiger partial charge in [-0.2, -0.15) is 0 Å². The number of fused-ring (bicyclic) bond motifs is 3. The normalized spacial score (nSPS) is 11.4. The number of nitrogens with zero attached hydrogens (tertiary/aromatic N) is 1. The maximum atomic E-state index is 2.35. The van der Waals surface area contributed by atoms with Crippen LogP contribution in [0.2, 0.25) is 0 Å². The quantitative estimate of drug-likeness (QED) is 0.618. The van der Waals surface area contributed by atoms with Crippen LogP contribution in [-0.4, -0.2) is 4.40 Å². The molecule has 0 aliphatic heterocycles. The first-order valence-corrected chi connectivity index (χ1v) is 6.38. The van der Waals surface area contributed by atoms with E-state index < -0.39 is 0 Å². The lowest BCUT2D eigenvalue weighted by atomic mass is 10.1. The Hall–Kier alpha value is -1.76. The monoisotopic (exact) mass is 223 g/mol. The summed E-state index contributed by atoms with van der Waals surface area (Å²) in [6.07, 6.45) is 5.85. The predicted octanol–water partition coefficient (Wildman–Crippen LogP) is 4.44. The summed E-state index contributed by atoms with van der Waals surface area (Å²) in [6, 6.07) is 15.3. The second-order valence-electron chi connectivity index (χ2n) is 4.60. The number of benzene rings is 1. The third-order valence-electron chi connectivity index (χ3n) is 3.40. The Bertz CT molecular complexity index is 649. The summed E-state index contributed by atoms with van der Waals surface area (Å²) >= 11 is 0. The van der Waals surface area contributed by atoms with E-state index in [1.54, 1.807) is 0 Å². The first kappa shape index (κ1) is 10.4. The zero-order valence-corrected chi connectivity index (χ0v) is 10.2. The summed E-state index contributed by atoms with van der Waals surface area (Å²) in [6.45, 7) is 2.25. The zero-order valence-electron chi connectivity index (χ0n) is 10.2. The number of pyridine rings is 1. The van der Waals surface area contributed by atoms with Crippen molar-refractivity contribution in [2.24, 2.45) is 0 Å². The molecule has 0 bridgehead atoms. The number of unbranched alkanes of at least 4 members (excludes halogenated alkanes) is 1. The number of hydrogen-bond donors (Lipinski definition) is 0. The van der Waals surface area contributed by atoms with Crippen LogP contribution >= 0.6 is 0 Å². The van der Waals surface area contributed by atoms with E-state index >= 15 is 0 Å². The summed E-state index contributed by atoms with van der Waals surface area (Å²) in [5.74, 6) is 0. The molecular formula is C16H17N. The highest BCUT2D eigenvalue weighted by Gasteiger charge is 2.05. The SMILES string of the molecule is CCCCc1cc2ccccc2n2cccc12. The van der Waals surface area contributed by atoms with Crippen molar-refractivity contribution in [1.29, 1.82) is 0 Å². The number of hydrogen-bond acceptors (Lipinski definition) is 0. The zero-order chi connectivity index (χ0) is 11.7. The van der Waals surface area contributed by atoms with Crippen molar-refractivity contribution in [3.8, 4) is 0 Å². The number of aryl methyl sites for hydroxylation is 1. The van der Waals surface area contributed by atoms with Crippen LogP contribution in [0, 0.1) is 0 Å². The fraction of sp³-hybridized carbons (Fsp3) is 0.250. The van der Waals surface area contributed by atoms with E-state index in [1.807, 2.05) is 0 Å². The molecule has 0 fully saturated rings. The first-order valence-electron chi connectivity index (χ1n) is 6.38. The standard InChI is InChI=1S/C16H17N/c1-2-3-7-13-12-14-8-4-5-9-15(14)17-11-6-10-16(13)17/h4-6,8-12H,2-3,7H2,1H3. The molecule has 0 unspecified atom stereocenters. The molecule has 1 heteroatoms. The fourth-order valence-electron chi connectivity index (χ4n) is 2.51. The van der Waals surface area contributed by atoms with Crippen molar-refractivity contribution < 1.29 is 0 Å². The molecule has 86 valence electrons. The summed E-state index contributed by atoms with van der Waals surface area (Å²) in [7, 11) is 0. The Morgan fingerprint density at radius 3 is 2.71 bits per heavy atom. The van der Waals surface area contributed by atoms with Crippen LogP contribution in [-0.2, 0) is 6.42 Å². The summed E-state index contributed by atoms with van der Waals surface area (Å²) < 4.78 is 2.31. The van der Waals surface area contributed by atoms with E-state index in [9.17, 15) is 0 Å². The van der Waals surface area contributed by atoms with Crippen LogP contribution in [0.15, 0.2) is 48.7 Å². The predicted molar refractivity (Wildman–Crippen MR) is 73.5 cm³/mol. The average molecular weight is 223 g/mol. The molecular weight excluding hydrogens is 206 g/mol. The van der Waals surface area contributed by atoms with Crippen LogP contribution in [0.5, 0.6) is 0 Å². The lowest BCUT2D eigenvalue weighted by Crippen LogP contribution is -1.93. The van der Waals surface area contributed by atoms with Gasteiger partial charge in [-0.25, -0.2) is 0 Å². The molecule has 17 heavy (non-hydrogen) atoms. The van der Waals surface area contributed by atoms with Crippen molar-refractivity contribution in [3.63, 3.8) is 0 Å². The van der Waals surface area contributed by atoms with Crippen molar-refractivity contribution in [1.82, 2.24) is 4.40 Å². The van der Waals surface area contributed by atoms with Crippen molar-refractivity contribution >= 4 is 16.4 Å². The Morgan fingerprint density at radius 2 is 1.82 bits per heavy atom. The van der Waals surface area contributed by atoms with Crippen LogP contribution in [0.3, 0.4) is 0 Å². The van der Waals surface area contributed by atoms with Crippen LogP contribution in [0.4, 0.5) is 0 Å². The molecule has 1 nitrogen and oxygen atoms in total. The maximum absolute atomic E-state index is 2.35. The summed E-state index contributed by atoms with van der Waals surface area (Å²) in [5, 5.41) is 1.34. The van der Waals surface area contributed by atoms with Crippen LogP contribution in [0.25, 0.3) is 16.4 Å². The van der Waals surface area contributed by atoms with E-state index in [0.717, 1.165) is 0 Å². The van der Waals surface area contributed by atoms with Crippen LogP contribution < -0.4 is 0 Å². The van der Waals surface area contributed by atoms with Gasteiger partial charge in [0.05, 0.1) is 5.52 Å². The minimum atomic E-state index is 1.18. The molecule has 2 heterocycles. The molecule has 0 amide bonds. The van der Waals surface area contributed by atoms with E-state index in [0.29, 0.717) is 0 Å². The largest absolute Gasteiger partial charge is 0.316 e. The molecule has 0 radical (unpaired) electrons. The van der Waals surface area contributed by atoms with Gasteiger partial charge < -0.3 is 4.40 Å². The minimum absolute atomic E-state index is 1.18. The van der Waals surface area contributed by atoms with Gasteiger partial charge in [-0.05, 0) is 48.1 Å². The van der Waals surface area contributed by atoms with Gasteiger partial charge >= 0.3 is 0 Å². The van der Waals surface area contributed by atoms with E-state index in [-0.39, 0.29) is 0 Å². The molecule has 0 aliphatic carbocycles. The van der Waals surface area contributed by atoms with Gasteiger partial charge in [0.25, 0.3) is 0 Å². The Labute approximate surface area is 102 Å². The van der Waals surface area contributed by atoms with Crippen molar-refractivity contribution in [2.45, 2.75) is 26.2 Å².